The lowest BCUT2D eigenvalue weighted by molar-refractivity contribution is 0.389. The highest BCUT2D eigenvalue weighted by atomic mass is 14.9. The van der Waals surface area contributed by atoms with E-state index in [0.717, 1.165) is 0 Å². The lowest BCUT2D eigenvalue weighted by Gasteiger charge is -2.32. The molecule has 1 N–H and O–H groups in total. The van der Waals surface area contributed by atoms with Crippen molar-refractivity contribution in [3.63, 3.8) is 0 Å². The van der Waals surface area contributed by atoms with Crippen LogP contribution in [0, 0.1) is 19.8 Å². The van der Waals surface area contributed by atoms with Crippen LogP contribution in [0.3, 0.4) is 0 Å². The quantitative estimate of drug-likeness (QED) is 0.839. The molecule has 112 valence electrons. The van der Waals surface area contributed by atoms with E-state index < -0.39 is 0 Å². The van der Waals surface area contributed by atoms with Gasteiger partial charge in [-0.2, -0.15) is 0 Å². The highest BCUT2D eigenvalue weighted by Gasteiger charge is 2.27. The van der Waals surface area contributed by atoms with Gasteiger partial charge in [0.15, 0.2) is 0 Å². The van der Waals surface area contributed by atoms with Crippen molar-refractivity contribution in [3.8, 4) is 0 Å². The normalized spacial score (nSPS) is 14.2. The van der Waals surface area contributed by atoms with E-state index in [1.807, 2.05) is 0 Å². The summed E-state index contributed by atoms with van der Waals surface area (Å²) >= 11 is 0. The van der Waals surface area contributed by atoms with E-state index in [1.54, 1.807) is 0 Å². The highest BCUT2D eigenvalue weighted by molar-refractivity contribution is 5.41. The van der Waals surface area contributed by atoms with Crippen LogP contribution in [0.4, 0.5) is 0 Å². The molecule has 2 rings (SSSR count). The molecule has 0 saturated carbocycles. The Morgan fingerprint density at radius 1 is 0.905 bits per heavy atom. The molecule has 1 heteroatoms. The summed E-state index contributed by atoms with van der Waals surface area (Å²) in [6.45, 7) is 8.98. The number of hydrogen-bond acceptors (Lipinski definition) is 1. The Morgan fingerprint density at radius 3 is 2.14 bits per heavy atom. The Kier molecular flexibility index (Phi) is 5.19. The molecule has 0 aliphatic rings. The maximum Gasteiger partial charge on any atom is 0.0248 e. The molecule has 2 atom stereocenters. The average molecular weight is 281 g/mol. The Bertz CT molecular complexity index is 572. The Hall–Kier alpha value is -1.60. The second kappa shape index (κ2) is 6.91. The summed E-state index contributed by atoms with van der Waals surface area (Å²) in [6, 6.07) is 18.1. The highest BCUT2D eigenvalue weighted by Crippen LogP contribution is 2.33. The number of benzene rings is 2. The van der Waals surface area contributed by atoms with Crippen LogP contribution in [-0.4, -0.2) is 13.1 Å². The Balaban J connectivity index is 2.58. The van der Waals surface area contributed by atoms with Gasteiger partial charge in [0.2, 0.25) is 0 Å². The van der Waals surface area contributed by atoms with Crippen molar-refractivity contribution < 1.29 is 0 Å². The smallest absolute Gasteiger partial charge is 0.0248 e. The first-order chi connectivity index (χ1) is 10.0. The van der Waals surface area contributed by atoms with Crippen molar-refractivity contribution >= 4 is 0 Å². The molecule has 21 heavy (non-hydrogen) atoms. The van der Waals surface area contributed by atoms with Crippen molar-refractivity contribution in [1.29, 1.82) is 0 Å². The van der Waals surface area contributed by atoms with Crippen LogP contribution < -0.4 is 5.32 Å². The minimum Gasteiger partial charge on any atom is -0.316 e. The van der Waals surface area contributed by atoms with Gasteiger partial charge in [-0.3, -0.25) is 0 Å². The molecule has 2 aromatic rings. The third kappa shape index (κ3) is 3.54. The van der Waals surface area contributed by atoms with Crippen molar-refractivity contribution in [1.82, 2.24) is 5.32 Å². The molecular formula is C20H27N. The van der Waals surface area contributed by atoms with Gasteiger partial charge in [-0.25, -0.2) is 0 Å². The molecule has 0 spiro atoms. The molecule has 0 saturated heterocycles. The topological polar surface area (TPSA) is 12.0 Å². The number of aryl methyl sites for hydroxylation is 2. The third-order valence-corrected chi connectivity index (χ3v) is 4.34. The minimum absolute atomic E-state index is 0.385. The summed E-state index contributed by atoms with van der Waals surface area (Å²) in [4.78, 5) is 0. The molecular weight excluding hydrogens is 254 g/mol. The Morgan fingerprint density at radius 2 is 1.57 bits per heavy atom. The van der Waals surface area contributed by atoms with Crippen molar-refractivity contribution in [2.24, 2.45) is 5.92 Å². The van der Waals surface area contributed by atoms with Gasteiger partial charge in [-0.1, -0.05) is 67.9 Å². The van der Waals surface area contributed by atoms with Gasteiger partial charge in [0, 0.05) is 12.0 Å². The van der Waals surface area contributed by atoms with Crippen LogP contribution in [0.1, 0.15) is 42.0 Å². The zero-order chi connectivity index (χ0) is 15.4. The van der Waals surface area contributed by atoms with Crippen LogP contribution >= 0.6 is 0 Å². The zero-order valence-electron chi connectivity index (χ0n) is 13.9. The molecule has 0 heterocycles. The van der Waals surface area contributed by atoms with E-state index in [-0.39, 0.29) is 0 Å². The minimum atomic E-state index is 0.385. The second-order valence-electron chi connectivity index (χ2n) is 6.31. The monoisotopic (exact) mass is 281 g/mol. The van der Waals surface area contributed by atoms with Gasteiger partial charge in [0.25, 0.3) is 0 Å². The lowest BCUT2D eigenvalue weighted by atomic mass is 9.78. The Labute approximate surface area is 129 Å². The van der Waals surface area contributed by atoms with Gasteiger partial charge in [0.05, 0.1) is 0 Å². The number of hydrogen-bond donors (Lipinski definition) is 1. The first-order valence-corrected chi connectivity index (χ1v) is 7.84. The second-order valence-corrected chi connectivity index (χ2v) is 6.31. The predicted molar refractivity (Wildman–Crippen MR) is 91.9 cm³/mol. The van der Waals surface area contributed by atoms with E-state index >= 15 is 0 Å². The van der Waals surface area contributed by atoms with Gasteiger partial charge in [-0.15, -0.1) is 0 Å². The summed E-state index contributed by atoms with van der Waals surface area (Å²) in [5, 5.41) is 3.55. The van der Waals surface area contributed by atoms with Crippen molar-refractivity contribution in [2.45, 2.75) is 39.7 Å². The van der Waals surface area contributed by atoms with Gasteiger partial charge >= 0.3 is 0 Å². The summed E-state index contributed by atoms with van der Waals surface area (Å²) in [7, 11) is 2.08. The third-order valence-electron chi connectivity index (χ3n) is 4.34. The SMILES string of the molecule is CNC(C(C)C)C(c1ccccc1)c1cc(C)ccc1C. The summed E-state index contributed by atoms with van der Waals surface area (Å²) in [5.41, 5.74) is 5.53. The molecule has 0 fully saturated rings. The van der Waals surface area contributed by atoms with E-state index in [0.29, 0.717) is 17.9 Å². The average Bonchev–Trinajstić information content (AvgIpc) is 2.48. The van der Waals surface area contributed by atoms with Crippen molar-refractivity contribution in [2.75, 3.05) is 7.05 Å². The summed E-state index contributed by atoms with van der Waals surface area (Å²) in [5.74, 6) is 0.955. The summed E-state index contributed by atoms with van der Waals surface area (Å²) in [6.07, 6.45) is 0. The van der Waals surface area contributed by atoms with Crippen LogP contribution in [-0.2, 0) is 0 Å². The molecule has 2 unspecified atom stereocenters. The van der Waals surface area contributed by atoms with E-state index in [1.165, 1.54) is 22.3 Å². The zero-order valence-corrected chi connectivity index (χ0v) is 13.9. The van der Waals surface area contributed by atoms with E-state index in [4.69, 9.17) is 0 Å². The largest absolute Gasteiger partial charge is 0.316 e. The van der Waals surface area contributed by atoms with Gasteiger partial charge in [-0.05, 0) is 43.5 Å². The molecule has 0 radical (unpaired) electrons. The maximum absolute atomic E-state index is 3.55. The van der Waals surface area contributed by atoms with Crippen LogP contribution in [0.2, 0.25) is 0 Å². The van der Waals surface area contributed by atoms with Crippen molar-refractivity contribution in [3.05, 3.63) is 70.8 Å². The van der Waals surface area contributed by atoms with E-state index in [9.17, 15) is 0 Å². The molecule has 0 aromatic heterocycles. The standard InChI is InChI=1S/C20H27N/c1-14(2)20(21-5)19(17-9-7-6-8-10-17)18-13-15(3)11-12-16(18)4/h6-14,19-21H,1-5H3. The fourth-order valence-electron chi connectivity index (χ4n) is 3.22. The first kappa shape index (κ1) is 15.8. The molecule has 0 bridgehead atoms. The van der Waals surface area contributed by atoms with E-state index in [2.05, 4.69) is 88.6 Å². The number of nitrogens with one attached hydrogen (secondary N) is 1. The molecule has 0 amide bonds. The molecule has 2 aromatic carbocycles. The van der Waals surface area contributed by atoms with Crippen LogP contribution in [0.25, 0.3) is 0 Å². The molecule has 1 nitrogen and oxygen atoms in total. The van der Waals surface area contributed by atoms with Crippen LogP contribution in [0.15, 0.2) is 48.5 Å². The first-order valence-electron chi connectivity index (χ1n) is 7.84. The fourth-order valence-corrected chi connectivity index (χ4v) is 3.22. The van der Waals surface area contributed by atoms with Gasteiger partial charge < -0.3 is 5.32 Å². The molecule has 0 aliphatic carbocycles. The number of rotatable bonds is 5. The fraction of sp³-hybridized carbons (Fsp3) is 0.400. The summed E-state index contributed by atoms with van der Waals surface area (Å²) < 4.78 is 0. The maximum atomic E-state index is 3.55. The molecule has 0 aliphatic heterocycles. The lowest BCUT2D eigenvalue weighted by Crippen LogP contribution is -2.37. The van der Waals surface area contributed by atoms with Gasteiger partial charge in [0.1, 0.15) is 0 Å². The predicted octanol–water partition coefficient (Wildman–Crippen LogP) is 4.68. The van der Waals surface area contributed by atoms with Crippen LogP contribution in [0.5, 0.6) is 0 Å². The number of likely N-dealkylation sites (N-methyl/N-ethyl adjacent to an activating group) is 1.